The van der Waals surface area contributed by atoms with Crippen LogP contribution in [0.4, 0.5) is 11.4 Å². The van der Waals surface area contributed by atoms with Crippen molar-refractivity contribution in [2.24, 2.45) is 0 Å². The van der Waals surface area contributed by atoms with Crippen LogP contribution < -0.4 is 4.90 Å². The zero-order chi connectivity index (χ0) is 38.7. The maximum atomic E-state index is 13.8. The number of fused-ring (bicyclic) bond motifs is 3. The Morgan fingerprint density at radius 1 is 0.473 bits per heavy atom. The normalized spacial score (nSPS) is 11.9. The van der Waals surface area contributed by atoms with Crippen LogP contribution in [0.2, 0.25) is 0 Å². The first-order valence-corrected chi connectivity index (χ1v) is 19.0. The Kier molecular flexibility index (Phi) is 10.5. The molecule has 1 aliphatic heterocycles. The van der Waals surface area contributed by atoms with E-state index in [2.05, 4.69) is 137 Å². The molecule has 0 saturated heterocycles. The Balaban J connectivity index is 0.000000278. The van der Waals surface area contributed by atoms with Crippen molar-refractivity contribution in [3.8, 4) is 22.3 Å². The third kappa shape index (κ3) is 7.98. The number of carbonyl (C=O) groups is 2. The molecule has 7 aromatic carbocycles. The van der Waals surface area contributed by atoms with Crippen molar-refractivity contribution >= 4 is 22.9 Å². The van der Waals surface area contributed by atoms with Gasteiger partial charge in [-0.1, -0.05) is 142 Å². The van der Waals surface area contributed by atoms with Gasteiger partial charge in [0.05, 0.1) is 0 Å². The predicted octanol–water partition coefficient (Wildman–Crippen LogP) is 13.0. The van der Waals surface area contributed by atoms with Gasteiger partial charge in [-0.15, -0.1) is 0 Å². The van der Waals surface area contributed by atoms with Crippen LogP contribution in [0, 0.1) is 20.8 Å². The molecule has 55 heavy (non-hydrogen) atoms. The van der Waals surface area contributed by atoms with E-state index in [1.54, 1.807) is 6.07 Å². The monoisotopic (exact) mass is 717 g/mol. The van der Waals surface area contributed by atoms with Gasteiger partial charge in [-0.05, 0) is 114 Å². The quantitative estimate of drug-likeness (QED) is 0.161. The average molecular weight is 718 g/mol. The summed E-state index contributed by atoms with van der Waals surface area (Å²) in [5.74, 6) is -0.172. The van der Waals surface area contributed by atoms with Crippen molar-refractivity contribution in [1.29, 1.82) is 0 Å². The lowest BCUT2D eigenvalue weighted by atomic mass is 9.83. The van der Waals surface area contributed by atoms with E-state index in [4.69, 9.17) is 0 Å². The van der Waals surface area contributed by atoms with Gasteiger partial charge < -0.3 is 4.90 Å². The molecule has 0 radical (unpaired) electrons. The Morgan fingerprint density at radius 2 is 0.927 bits per heavy atom. The summed E-state index contributed by atoms with van der Waals surface area (Å²) >= 11 is 0. The molecule has 7 aromatic rings. The first kappa shape index (κ1) is 37.0. The number of aryl methyl sites for hydroxylation is 3. The van der Waals surface area contributed by atoms with Gasteiger partial charge in [0, 0.05) is 45.7 Å². The number of anilines is 2. The maximum absolute atomic E-state index is 13.8. The molecule has 0 amide bonds. The van der Waals surface area contributed by atoms with Gasteiger partial charge >= 0.3 is 0 Å². The van der Waals surface area contributed by atoms with Crippen molar-refractivity contribution in [3.63, 3.8) is 0 Å². The lowest BCUT2D eigenvalue weighted by Gasteiger charge is -2.33. The van der Waals surface area contributed by atoms with Gasteiger partial charge in [0.25, 0.3) is 0 Å². The predicted molar refractivity (Wildman–Crippen MR) is 229 cm³/mol. The second-order valence-corrected chi connectivity index (χ2v) is 15.5. The molecule has 3 nitrogen and oxygen atoms in total. The first-order valence-electron chi connectivity index (χ1n) is 19.0. The Hall–Kier alpha value is -6.32. The SMILES string of the molecule is Cc1ccc(C(=O)c2cc(C(=O)c3ccc(N4Cc5ccccc5-c5ccccc54)cc3)cc(C(C)(C)C)c2)cc1.Cc1ccccc1-c1ccccc1C. The zero-order valence-corrected chi connectivity index (χ0v) is 32.6. The van der Waals surface area contributed by atoms with Gasteiger partial charge in [0.15, 0.2) is 11.6 Å². The fourth-order valence-electron chi connectivity index (χ4n) is 7.25. The molecule has 8 rings (SSSR count). The number of ketones is 2. The fourth-order valence-corrected chi connectivity index (χ4v) is 7.25. The van der Waals surface area contributed by atoms with E-state index in [1.165, 1.54) is 38.9 Å². The number of rotatable bonds is 6. The van der Waals surface area contributed by atoms with E-state index in [9.17, 15) is 9.59 Å². The maximum Gasteiger partial charge on any atom is 0.193 e. The lowest BCUT2D eigenvalue weighted by molar-refractivity contribution is 0.103. The van der Waals surface area contributed by atoms with Crippen molar-refractivity contribution in [3.05, 3.63) is 214 Å². The highest BCUT2D eigenvalue weighted by molar-refractivity contribution is 6.13. The molecule has 0 aliphatic carbocycles. The largest absolute Gasteiger partial charge is 0.336 e. The minimum absolute atomic E-state index is 0.0791. The third-order valence-electron chi connectivity index (χ3n) is 10.5. The average Bonchev–Trinajstić information content (AvgIpc) is 3.20. The van der Waals surface area contributed by atoms with Crippen LogP contribution >= 0.6 is 0 Å². The van der Waals surface area contributed by atoms with Crippen LogP contribution in [0.25, 0.3) is 22.3 Å². The molecule has 3 heteroatoms. The van der Waals surface area contributed by atoms with Crippen LogP contribution in [0.5, 0.6) is 0 Å². The molecule has 0 aromatic heterocycles. The summed E-state index contributed by atoms with van der Waals surface area (Å²) in [6, 6.07) is 55.0. The zero-order valence-electron chi connectivity index (χ0n) is 32.6. The summed E-state index contributed by atoms with van der Waals surface area (Å²) in [5, 5.41) is 0. The van der Waals surface area contributed by atoms with Crippen LogP contribution in [0.15, 0.2) is 164 Å². The molecular weight excluding hydrogens is 671 g/mol. The van der Waals surface area contributed by atoms with Gasteiger partial charge in [0.2, 0.25) is 0 Å². The van der Waals surface area contributed by atoms with Crippen molar-refractivity contribution in [2.75, 3.05) is 4.90 Å². The number of carbonyl (C=O) groups excluding carboxylic acids is 2. The lowest BCUT2D eigenvalue weighted by Crippen LogP contribution is -2.21. The number of benzene rings is 7. The highest BCUT2D eigenvalue weighted by Gasteiger charge is 2.24. The van der Waals surface area contributed by atoms with Crippen LogP contribution in [0.1, 0.15) is 80.4 Å². The molecule has 0 unspecified atom stereocenters. The van der Waals surface area contributed by atoms with Crippen LogP contribution in [-0.4, -0.2) is 11.6 Å². The number of hydrogen-bond donors (Lipinski definition) is 0. The number of hydrogen-bond acceptors (Lipinski definition) is 3. The van der Waals surface area contributed by atoms with E-state index in [1.807, 2.05) is 67.6 Å². The first-order chi connectivity index (χ1) is 26.5. The molecular formula is C52H47NO2. The van der Waals surface area contributed by atoms with Crippen molar-refractivity contribution < 1.29 is 9.59 Å². The minimum Gasteiger partial charge on any atom is -0.336 e. The molecule has 0 N–H and O–H groups in total. The molecule has 0 bridgehead atoms. The topological polar surface area (TPSA) is 37.4 Å². The molecule has 1 aliphatic rings. The number of nitrogens with zero attached hydrogens (tertiary/aromatic N) is 1. The molecule has 0 spiro atoms. The summed E-state index contributed by atoms with van der Waals surface area (Å²) in [6.07, 6.45) is 0. The number of para-hydroxylation sites is 1. The van der Waals surface area contributed by atoms with E-state index in [0.29, 0.717) is 22.3 Å². The molecule has 0 atom stereocenters. The standard InChI is InChI=1S/C38H33NO2.C14H14/c1-25-13-15-26(16-14-25)36(40)29-21-30(23-31(22-29)38(2,3)4)37(41)27-17-19-32(20-18-27)39-24-28-9-5-6-10-33(28)34-11-7-8-12-35(34)39;1-11-7-3-5-9-13(11)14-10-6-4-8-12(14)2/h5-23H,24H2,1-4H3;3-10H,1-2H3. The minimum atomic E-state index is -0.222. The van der Waals surface area contributed by atoms with Crippen LogP contribution in [-0.2, 0) is 12.0 Å². The Bertz CT molecular complexity index is 2460. The van der Waals surface area contributed by atoms with Crippen molar-refractivity contribution in [1.82, 2.24) is 0 Å². The molecule has 0 saturated carbocycles. The summed E-state index contributed by atoms with van der Waals surface area (Å²) in [6.45, 7) is 13.4. The summed E-state index contributed by atoms with van der Waals surface area (Å²) in [5.41, 5.74) is 15.4. The highest BCUT2D eigenvalue weighted by Crippen LogP contribution is 2.42. The van der Waals surface area contributed by atoms with E-state index in [-0.39, 0.29) is 17.0 Å². The van der Waals surface area contributed by atoms with Gasteiger partial charge in [-0.3, -0.25) is 9.59 Å². The Labute approximate surface area is 326 Å². The van der Waals surface area contributed by atoms with Crippen LogP contribution in [0.3, 0.4) is 0 Å². The van der Waals surface area contributed by atoms with E-state index in [0.717, 1.165) is 29.0 Å². The smallest absolute Gasteiger partial charge is 0.193 e. The summed E-state index contributed by atoms with van der Waals surface area (Å²) in [7, 11) is 0. The van der Waals surface area contributed by atoms with E-state index < -0.39 is 0 Å². The molecule has 0 fully saturated rings. The second kappa shape index (κ2) is 15.6. The van der Waals surface area contributed by atoms with Crippen molar-refractivity contribution in [2.45, 2.75) is 53.5 Å². The fraction of sp³-hybridized carbons (Fsp3) is 0.154. The van der Waals surface area contributed by atoms with Gasteiger partial charge in [0.1, 0.15) is 0 Å². The third-order valence-corrected chi connectivity index (χ3v) is 10.5. The van der Waals surface area contributed by atoms with Gasteiger partial charge in [-0.25, -0.2) is 0 Å². The van der Waals surface area contributed by atoms with Gasteiger partial charge in [-0.2, -0.15) is 0 Å². The molecule has 1 heterocycles. The van der Waals surface area contributed by atoms with E-state index >= 15 is 0 Å². The summed E-state index contributed by atoms with van der Waals surface area (Å²) < 4.78 is 0. The second-order valence-electron chi connectivity index (χ2n) is 15.5. The summed E-state index contributed by atoms with van der Waals surface area (Å²) in [4.78, 5) is 29.5. The molecule has 272 valence electrons. The highest BCUT2D eigenvalue weighted by atomic mass is 16.1. The Morgan fingerprint density at radius 3 is 1.45 bits per heavy atom.